The summed E-state index contributed by atoms with van der Waals surface area (Å²) >= 11 is 0. The number of aromatic nitrogens is 2. The zero-order valence-corrected chi connectivity index (χ0v) is 11.7. The molecule has 1 saturated heterocycles. The van der Waals surface area contributed by atoms with Crippen LogP contribution in [0.15, 0.2) is 6.07 Å². The van der Waals surface area contributed by atoms with E-state index in [4.69, 9.17) is 0 Å². The van der Waals surface area contributed by atoms with Crippen molar-refractivity contribution in [2.45, 2.75) is 26.4 Å². The van der Waals surface area contributed by atoms with E-state index in [-0.39, 0.29) is 0 Å². The zero-order chi connectivity index (χ0) is 14.8. The third kappa shape index (κ3) is 4.06. The quantitative estimate of drug-likeness (QED) is 0.835. The number of alkyl halides is 3. The van der Waals surface area contributed by atoms with Gasteiger partial charge in [-0.15, -0.1) is 5.10 Å². The third-order valence-electron chi connectivity index (χ3n) is 3.53. The molecular weight excluding hydrogens is 269 g/mol. The molecule has 0 aromatic carbocycles. The summed E-state index contributed by atoms with van der Waals surface area (Å²) in [7, 11) is 0. The van der Waals surface area contributed by atoms with E-state index in [0.29, 0.717) is 32.6 Å². The highest BCUT2D eigenvalue weighted by molar-refractivity contribution is 5.40. The SMILES string of the molecule is Cc1cc(N2CCCN(CC(F)(F)F)CC2)nnc1C. The predicted octanol–water partition coefficient (Wildman–Crippen LogP) is 2.17. The van der Waals surface area contributed by atoms with Gasteiger partial charge < -0.3 is 4.90 Å². The first-order valence-electron chi connectivity index (χ1n) is 6.70. The fourth-order valence-electron chi connectivity index (χ4n) is 2.30. The van der Waals surface area contributed by atoms with E-state index in [1.165, 1.54) is 4.90 Å². The number of nitrogens with zero attached hydrogens (tertiary/aromatic N) is 4. The monoisotopic (exact) mass is 288 g/mol. The summed E-state index contributed by atoms with van der Waals surface area (Å²) in [5.74, 6) is 0.752. The Hall–Kier alpha value is -1.37. The molecule has 1 fully saturated rings. The molecule has 1 aromatic rings. The summed E-state index contributed by atoms with van der Waals surface area (Å²) in [4.78, 5) is 3.46. The van der Waals surface area contributed by atoms with Gasteiger partial charge in [0.05, 0.1) is 12.2 Å². The topological polar surface area (TPSA) is 32.3 Å². The second-order valence-electron chi connectivity index (χ2n) is 5.20. The summed E-state index contributed by atoms with van der Waals surface area (Å²) in [6.45, 7) is 5.14. The fraction of sp³-hybridized carbons (Fsp3) is 0.692. The van der Waals surface area contributed by atoms with Crippen LogP contribution in [0.4, 0.5) is 19.0 Å². The first-order chi connectivity index (χ1) is 9.35. The Labute approximate surface area is 116 Å². The Balaban J connectivity index is 2.00. The highest BCUT2D eigenvalue weighted by Crippen LogP contribution is 2.19. The van der Waals surface area contributed by atoms with Crippen molar-refractivity contribution in [2.75, 3.05) is 37.6 Å². The molecule has 0 N–H and O–H groups in total. The van der Waals surface area contributed by atoms with Gasteiger partial charge in [0.15, 0.2) is 5.82 Å². The molecule has 4 nitrogen and oxygen atoms in total. The van der Waals surface area contributed by atoms with Gasteiger partial charge in [-0.3, -0.25) is 4.90 Å². The molecule has 2 rings (SSSR count). The van der Waals surface area contributed by atoms with Crippen LogP contribution < -0.4 is 4.90 Å². The highest BCUT2D eigenvalue weighted by Gasteiger charge is 2.31. The number of aryl methyl sites for hydroxylation is 2. The van der Waals surface area contributed by atoms with Crippen LogP contribution in [0.5, 0.6) is 0 Å². The van der Waals surface area contributed by atoms with Crippen LogP contribution in [0.2, 0.25) is 0 Å². The van der Waals surface area contributed by atoms with Gasteiger partial charge >= 0.3 is 6.18 Å². The van der Waals surface area contributed by atoms with Gasteiger partial charge in [0.25, 0.3) is 0 Å². The maximum absolute atomic E-state index is 12.4. The maximum atomic E-state index is 12.4. The minimum atomic E-state index is -4.13. The minimum Gasteiger partial charge on any atom is -0.354 e. The zero-order valence-electron chi connectivity index (χ0n) is 11.7. The summed E-state index contributed by atoms with van der Waals surface area (Å²) in [5.41, 5.74) is 1.92. The highest BCUT2D eigenvalue weighted by atomic mass is 19.4. The molecule has 0 aliphatic carbocycles. The van der Waals surface area contributed by atoms with Crippen LogP contribution >= 0.6 is 0 Å². The van der Waals surface area contributed by atoms with Crippen LogP contribution in [-0.2, 0) is 0 Å². The molecule has 0 atom stereocenters. The standard InChI is InChI=1S/C13H19F3N4/c1-10-8-12(18-17-11(10)2)20-5-3-4-19(6-7-20)9-13(14,15)16/h8H,3-7,9H2,1-2H3. The Kier molecular flexibility index (Phi) is 4.47. The molecule has 1 aromatic heterocycles. The maximum Gasteiger partial charge on any atom is 0.401 e. The van der Waals surface area contributed by atoms with E-state index in [0.717, 1.165) is 17.1 Å². The van der Waals surface area contributed by atoms with E-state index in [1.54, 1.807) is 0 Å². The molecule has 1 aliphatic heterocycles. The van der Waals surface area contributed by atoms with Crippen LogP contribution in [-0.4, -0.2) is 54.0 Å². The van der Waals surface area contributed by atoms with Crippen molar-refractivity contribution in [1.82, 2.24) is 15.1 Å². The number of hydrogen-bond acceptors (Lipinski definition) is 4. The van der Waals surface area contributed by atoms with Gasteiger partial charge in [-0.25, -0.2) is 0 Å². The largest absolute Gasteiger partial charge is 0.401 e. The van der Waals surface area contributed by atoms with Gasteiger partial charge in [-0.2, -0.15) is 18.3 Å². The molecule has 2 heterocycles. The number of anilines is 1. The first kappa shape index (κ1) is 15.0. The smallest absolute Gasteiger partial charge is 0.354 e. The Morgan fingerprint density at radius 1 is 1.10 bits per heavy atom. The Morgan fingerprint density at radius 2 is 1.85 bits per heavy atom. The van der Waals surface area contributed by atoms with E-state index in [2.05, 4.69) is 10.2 Å². The molecule has 20 heavy (non-hydrogen) atoms. The molecule has 7 heteroatoms. The van der Waals surface area contributed by atoms with Crippen LogP contribution in [0.1, 0.15) is 17.7 Å². The fourth-order valence-corrected chi connectivity index (χ4v) is 2.30. The lowest BCUT2D eigenvalue weighted by Crippen LogP contribution is -2.37. The van der Waals surface area contributed by atoms with Crippen LogP contribution in [0.25, 0.3) is 0 Å². The van der Waals surface area contributed by atoms with Crippen LogP contribution in [0, 0.1) is 13.8 Å². The molecule has 0 radical (unpaired) electrons. The van der Waals surface area contributed by atoms with Gasteiger partial charge in [0.1, 0.15) is 0 Å². The second-order valence-corrected chi connectivity index (χ2v) is 5.20. The number of rotatable bonds is 2. The molecule has 112 valence electrons. The predicted molar refractivity (Wildman–Crippen MR) is 70.8 cm³/mol. The lowest BCUT2D eigenvalue weighted by Gasteiger charge is -2.23. The van der Waals surface area contributed by atoms with Crippen molar-refractivity contribution in [1.29, 1.82) is 0 Å². The minimum absolute atomic E-state index is 0.397. The van der Waals surface area contributed by atoms with E-state index >= 15 is 0 Å². The molecular formula is C13H19F3N4. The van der Waals surface area contributed by atoms with Crippen molar-refractivity contribution >= 4 is 5.82 Å². The van der Waals surface area contributed by atoms with Crippen molar-refractivity contribution in [3.63, 3.8) is 0 Å². The Bertz CT molecular complexity index is 461. The lowest BCUT2D eigenvalue weighted by atomic mass is 10.2. The van der Waals surface area contributed by atoms with Gasteiger partial charge in [0, 0.05) is 26.2 Å². The lowest BCUT2D eigenvalue weighted by molar-refractivity contribution is -0.145. The summed E-state index contributed by atoms with van der Waals surface area (Å²) < 4.78 is 37.2. The molecule has 0 amide bonds. The second kappa shape index (κ2) is 5.95. The van der Waals surface area contributed by atoms with E-state index in [1.807, 2.05) is 24.8 Å². The molecule has 1 aliphatic rings. The summed E-state index contributed by atoms with van der Waals surface area (Å²) in [5, 5.41) is 8.22. The van der Waals surface area contributed by atoms with Gasteiger partial charge in [0.2, 0.25) is 0 Å². The van der Waals surface area contributed by atoms with Crippen molar-refractivity contribution in [3.8, 4) is 0 Å². The average Bonchev–Trinajstić information content (AvgIpc) is 2.56. The summed E-state index contributed by atoms with van der Waals surface area (Å²) in [6.07, 6.45) is -3.43. The number of halogens is 3. The number of hydrogen-bond donors (Lipinski definition) is 0. The molecule has 0 bridgehead atoms. The van der Waals surface area contributed by atoms with Crippen molar-refractivity contribution < 1.29 is 13.2 Å². The van der Waals surface area contributed by atoms with E-state index in [9.17, 15) is 13.2 Å². The van der Waals surface area contributed by atoms with Gasteiger partial charge in [-0.05, 0) is 31.9 Å². The first-order valence-corrected chi connectivity index (χ1v) is 6.70. The van der Waals surface area contributed by atoms with E-state index < -0.39 is 12.7 Å². The average molecular weight is 288 g/mol. The molecule has 0 saturated carbocycles. The third-order valence-corrected chi connectivity index (χ3v) is 3.53. The Morgan fingerprint density at radius 3 is 2.50 bits per heavy atom. The molecule has 0 spiro atoms. The van der Waals surface area contributed by atoms with Crippen molar-refractivity contribution in [3.05, 3.63) is 17.3 Å². The van der Waals surface area contributed by atoms with Gasteiger partial charge in [-0.1, -0.05) is 0 Å². The normalized spacial score (nSPS) is 18.1. The summed E-state index contributed by atoms with van der Waals surface area (Å²) in [6, 6.07) is 1.95. The van der Waals surface area contributed by atoms with Crippen LogP contribution in [0.3, 0.4) is 0 Å². The van der Waals surface area contributed by atoms with Crippen molar-refractivity contribution in [2.24, 2.45) is 0 Å². The molecule has 0 unspecified atom stereocenters.